The van der Waals surface area contributed by atoms with E-state index >= 15 is 0 Å². The fraction of sp³-hybridized carbons (Fsp3) is 0.353. The molecule has 0 aliphatic rings. The molecular weight excluding hydrogens is 338 g/mol. The normalized spacial score (nSPS) is 11.2. The number of carbonyl (C=O) groups excluding carboxylic acids is 1. The second-order valence-corrected chi connectivity index (χ2v) is 6.61. The molecule has 2 rings (SSSR count). The number of hydrogen-bond acceptors (Lipinski definition) is 5. The Morgan fingerprint density at radius 2 is 1.92 bits per heavy atom. The lowest BCUT2D eigenvalue weighted by molar-refractivity contribution is 0.0954. The number of phenolic OH excluding ortho intramolecular Hbond substituents is 1. The summed E-state index contributed by atoms with van der Waals surface area (Å²) in [6, 6.07) is 6.14. The second kappa shape index (κ2) is 9.63. The molecule has 0 aliphatic heterocycles. The van der Waals surface area contributed by atoms with Crippen LogP contribution in [0.5, 0.6) is 5.75 Å². The second-order valence-electron chi connectivity index (χ2n) is 5.29. The molecule has 1 aromatic heterocycles. The van der Waals surface area contributed by atoms with E-state index in [2.05, 4.69) is 25.9 Å². The van der Waals surface area contributed by atoms with Gasteiger partial charge in [0, 0.05) is 36.3 Å². The zero-order valence-electron chi connectivity index (χ0n) is 14.4. The van der Waals surface area contributed by atoms with Crippen LogP contribution in [0.3, 0.4) is 0 Å². The minimum Gasteiger partial charge on any atom is -0.508 e. The number of phenols is 1. The van der Waals surface area contributed by atoms with Gasteiger partial charge in [-0.25, -0.2) is 9.98 Å². The summed E-state index contributed by atoms with van der Waals surface area (Å²) in [5.41, 5.74) is 0.512. The average Bonchev–Trinajstić information content (AvgIpc) is 3.02. The highest BCUT2D eigenvalue weighted by atomic mass is 32.1. The zero-order chi connectivity index (χ0) is 18.1. The third-order valence-corrected chi connectivity index (χ3v) is 4.12. The number of carbonyl (C=O) groups is 1. The first-order chi connectivity index (χ1) is 12.1. The summed E-state index contributed by atoms with van der Waals surface area (Å²) in [5.74, 6) is 0.649. The molecule has 2 aromatic rings. The van der Waals surface area contributed by atoms with Gasteiger partial charge in [0.1, 0.15) is 10.8 Å². The van der Waals surface area contributed by atoms with E-state index in [1.54, 1.807) is 23.5 Å². The largest absolute Gasteiger partial charge is 0.508 e. The first kappa shape index (κ1) is 18.7. The van der Waals surface area contributed by atoms with Crippen LogP contribution in [0.4, 0.5) is 0 Å². The number of nitrogens with one attached hydrogen (secondary N) is 3. The van der Waals surface area contributed by atoms with Crippen molar-refractivity contribution in [2.24, 2.45) is 4.99 Å². The molecule has 8 heteroatoms. The van der Waals surface area contributed by atoms with Crippen molar-refractivity contribution in [3.63, 3.8) is 0 Å². The summed E-state index contributed by atoms with van der Waals surface area (Å²) in [7, 11) is 0. The molecule has 1 amide bonds. The Kier molecular flexibility index (Phi) is 7.21. The lowest BCUT2D eigenvalue weighted by Crippen LogP contribution is -2.41. The van der Waals surface area contributed by atoms with E-state index in [1.165, 1.54) is 17.0 Å². The van der Waals surface area contributed by atoms with Crippen molar-refractivity contribution in [1.29, 1.82) is 0 Å². The number of aliphatic imine (C=N–C) groups is 1. The third kappa shape index (κ3) is 6.42. The number of nitrogens with zero attached hydrogens (tertiary/aromatic N) is 2. The van der Waals surface area contributed by atoms with Crippen LogP contribution >= 0.6 is 11.3 Å². The van der Waals surface area contributed by atoms with Crippen LogP contribution in [0.1, 0.15) is 27.2 Å². The summed E-state index contributed by atoms with van der Waals surface area (Å²) >= 11 is 1.63. The van der Waals surface area contributed by atoms with Gasteiger partial charge in [-0.2, -0.15) is 0 Å². The molecule has 7 nitrogen and oxygen atoms in total. The van der Waals surface area contributed by atoms with E-state index < -0.39 is 0 Å². The molecule has 0 radical (unpaired) electrons. The first-order valence-electron chi connectivity index (χ1n) is 8.09. The summed E-state index contributed by atoms with van der Waals surface area (Å²) in [6.07, 6.45) is 1.84. The number of aryl methyl sites for hydroxylation is 1. The van der Waals surface area contributed by atoms with Gasteiger partial charge in [0.05, 0.1) is 6.54 Å². The van der Waals surface area contributed by atoms with E-state index in [9.17, 15) is 9.90 Å². The molecule has 0 unspecified atom stereocenters. The summed E-state index contributed by atoms with van der Waals surface area (Å²) in [4.78, 5) is 21.9. The zero-order valence-corrected chi connectivity index (χ0v) is 15.2. The number of aromatic hydroxyl groups is 1. The molecule has 0 fully saturated rings. The highest BCUT2D eigenvalue weighted by Gasteiger charge is 2.05. The van der Waals surface area contributed by atoms with Gasteiger partial charge in [0.25, 0.3) is 5.91 Å². The SMILES string of the molecule is CCNC(=NCc1ncc(C)s1)NCCNC(=O)c1ccc(O)cc1. The highest BCUT2D eigenvalue weighted by molar-refractivity contribution is 7.11. The molecular formula is C17H23N5O2S. The maximum atomic E-state index is 12.0. The van der Waals surface area contributed by atoms with Crippen molar-refractivity contribution >= 4 is 23.2 Å². The van der Waals surface area contributed by atoms with Crippen LogP contribution in [0.15, 0.2) is 35.5 Å². The van der Waals surface area contributed by atoms with Crippen molar-refractivity contribution in [2.45, 2.75) is 20.4 Å². The van der Waals surface area contributed by atoms with Gasteiger partial charge in [0.15, 0.2) is 5.96 Å². The van der Waals surface area contributed by atoms with Crippen LogP contribution in [0.2, 0.25) is 0 Å². The van der Waals surface area contributed by atoms with Gasteiger partial charge in [-0.1, -0.05) is 0 Å². The monoisotopic (exact) mass is 361 g/mol. The van der Waals surface area contributed by atoms with E-state index in [0.717, 1.165) is 11.6 Å². The molecule has 1 heterocycles. The van der Waals surface area contributed by atoms with Gasteiger partial charge in [-0.05, 0) is 38.1 Å². The van der Waals surface area contributed by atoms with Crippen molar-refractivity contribution in [3.05, 3.63) is 45.9 Å². The lowest BCUT2D eigenvalue weighted by Gasteiger charge is -2.11. The van der Waals surface area contributed by atoms with Gasteiger partial charge in [0.2, 0.25) is 0 Å². The molecule has 0 saturated heterocycles. The quantitative estimate of drug-likeness (QED) is 0.341. The van der Waals surface area contributed by atoms with Gasteiger partial charge in [-0.3, -0.25) is 4.79 Å². The van der Waals surface area contributed by atoms with Crippen molar-refractivity contribution in [1.82, 2.24) is 20.9 Å². The summed E-state index contributed by atoms with van der Waals surface area (Å²) in [6.45, 7) is 6.30. The number of rotatable bonds is 7. The van der Waals surface area contributed by atoms with Gasteiger partial charge in [-0.15, -0.1) is 11.3 Å². The van der Waals surface area contributed by atoms with Crippen LogP contribution in [-0.2, 0) is 6.54 Å². The Hall–Kier alpha value is -2.61. The first-order valence-corrected chi connectivity index (χ1v) is 8.91. The minimum absolute atomic E-state index is 0.139. The smallest absolute Gasteiger partial charge is 0.251 e. The molecule has 134 valence electrons. The number of thiazole rings is 1. The Balaban J connectivity index is 1.76. The number of aromatic nitrogens is 1. The molecule has 25 heavy (non-hydrogen) atoms. The van der Waals surface area contributed by atoms with Gasteiger partial charge >= 0.3 is 0 Å². The highest BCUT2D eigenvalue weighted by Crippen LogP contribution is 2.11. The number of amides is 1. The Labute approximate surface area is 151 Å². The molecule has 0 aliphatic carbocycles. The predicted octanol–water partition coefficient (Wildman–Crippen LogP) is 1.64. The average molecular weight is 361 g/mol. The molecule has 0 spiro atoms. The third-order valence-electron chi connectivity index (χ3n) is 3.22. The van der Waals surface area contributed by atoms with Crippen LogP contribution in [-0.4, -0.2) is 41.6 Å². The van der Waals surface area contributed by atoms with E-state index in [4.69, 9.17) is 0 Å². The van der Waals surface area contributed by atoms with Crippen LogP contribution in [0.25, 0.3) is 0 Å². The maximum Gasteiger partial charge on any atom is 0.251 e. The molecule has 4 N–H and O–H groups in total. The summed E-state index contributed by atoms with van der Waals surface area (Å²) in [5, 5.41) is 19.4. The molecule has 0 bridgehead atoms. The fourth-order valence-corrected chi connectivity index (χ4v) is 2.75. The predicted molar refractivity (Wildman–Crippen MR) is 100 cm³/mol. The Bertz CT molecular complexity index is 712. The lowest BCUT2D eigenvalue weighted by atomic mass is 10.2. The molecule has 0 saturated carbocycles. The van der Waals surface area contributed by atoms with Gasteiger partial charge < -0.3 is 21.1 Å². The minimum atomic E-state index is -0.179. The van der Waals surface area contributed by atoms with Crippen molar-refractivity contribution in [2.75, 3.05) is 19.6 Å². The Morgan fingerprint density at radius 3 is 2.56 bits per heavy atom. The Morgan fingerprint density at radius 1 is 1.20 bits per heavy atom. The molecule has 0 atom stereocenters. The molecule has 1 aromatic carbocycles. The topological polar surface area (TPSA) is 98.6 Å². The fourth-order valence-electron chi connectivity index (χ4n) is 2.03. The van der Waals surface area contributed by atoms with Crippen LogP contribution in [0, 0.1) is 6.92 Å². The van der Waals surface area contributed by atoms with Crippen molar-refractivity contribution in [3.8, 4) is 5.75 Å². The summed E-state index contributed by atoms with van der Waals surface area (Å²) < 4.78 is 0. The maximum absolute atomic E-state index is 12.0. The van der Waals surface area contributed by atoms with Crippen molar-refractivity contribution < 1.29 is 9.90 Å². The van der Waals surface area contributed by atoms with E-state index in [1.807, 2.05) is 20.0 Å². The van der Waals surface area contributed by atoms with E-state index in [0.29, 0.717) is 31.2 Å². The number of hydrogen-bond donors (Lipinski definition) is 4. The van der Waals surface area contributed by atoms with Crippen LogP contribution < -0.4 is 16.0 Å². The standard InChI is InChI=1S/C17H23N5O2S/c1-3-18-17(22-11-15-21-10-12(2)25-15)20-9-8-19-16(24)13-4-6-14(23)7-5-13/h4-7,10,23H,3,8-9,11H2,1-2H3,(H,19,24)(H2,18,20,22). The number of guanidine groups is 1. The number of benzene rings is 1. The van der Waals surface area contributed by atoms with E-state index in [-0.39, 0.29) is 11.7 Å².